The second-order valence-electron chi connectivity index (χ2n) is 10.9. The largest absolute Gasteiger partial charge is 0.481 e. The number of likely N-dealkylation sites (tertiary alicyclic amines) is 1. The number of halogens is 1. The third kappa shape index (κ3) is 5.62. The molecule has 3 heterocycles. The van der Waals surface area contributed by atoms with Gasteiger partial charge in [-0.15, -0.1) is 0 Å². The number of methoxy groups -OCH3 is 1. The number of aryl methyl sites for hydroxylation is 1. The fourth-order valence-electron chi connectivity index (χ4n) is 5.48. The van der Waals surface area contributed by atoms with Gasteiger partial charge in [0.05, 0.1) is 17.8 Å². The summed E-state index contributed by atoms with van der Waals surface area (Å²) in [5.41, 5.74) is 4.08. The van der Waals surface area contributed by atoms with Crippen LogP contribution in [0.3, 0.4) is 0 Å². The van der Waals surface area contributed by atoms with Crippen LogP contribution < -0.4 is 21.3 Å². The summed E-state index contributed by atoms with van der Waals surface area (Å²) in [6, 6.07) is 15.3. The summed E-state index contributed by atoms with van der Waals surface area (Å²) in [5, 5.41) is 3.35. The predicted molar refractivity (Wildman–Crippen MR) is 165 cm³/mol. The molecule has 1 amide bonds. The summed E-state index contributed by atoms with van der Waals surface area (Å²) < 4.78 is 7.78. The molecule has 2 aromatic heterocycles. The highest BCUT2D eigenvalue weighted by molar-refractivity contribution is 6.36. The summed E-state index contributed by atoms with van der Waals surface area (Å²) in [4.78, 5) is 44.9. The van der Waals surface area contributed by atoms with Gasteiger partial charge in [-0.1, -0.05) is 54.9 Å². The first-order valence-electron chi connectivity index (χ1n) is 13.8. The third-order valence-corrected chi connectivity index (χ3v) is 8.28. The molecular weight excluding hydrogens is 554 g/mol. The van der Waals surface area contributed by atoms with Crippen molar-refractivity contribution in [2.75, 3.05) is 25.5 Å². The number of hydrogen-bond donors (Lipinski definition) is 1. The number of carbonyl (C=O) groups excluding carboxylic acids is 1. The molecule has 0 bridgehead atoms. The molecule has 0 unspecified atom stereocenters. The summed E-state index contributed by atoms with van der Waals surface area (Å²) in [6.45, 7) is 7.08. The lowest BCUT2D eigenvalue weighted by Gasteiger charge is -2.18. The summed E-state index contributed by atoms with van der Waals surface area (Å²) in [6.07, 6.45) is 2.45. The molecule has 0 spiro atoms. The Balaban J connectivity index is 1.46. The number of rotatable bonds is 7. The van der Waals surface area contributed by atoms with Crippen LogP contribution >= 0.6 is 11.6 Å². The molecule has 0 aliphatic carbocycles. The highest BCUT2D eigenvalue weighted by Gasteiger charge is 2.22. The van der Waals surface area contributed by atoms with Crippen LogP contribution in [-0.4, -0.2) is 45.1 Å². The molecule has 0 radical (unpaired) electrons. The number of anilines is 1. The van der Waals surface area contributed by atoms with Crippen molar-refractivity contribution < 1.29 is 9.53 Å². The van der Waals surface area contributed by atoms with Crippen LogP contribution in [-0.2, 0) is 20.6 Å². The minimum Gasteiger partial charge on any atom is -0.481 e. The van der Waals surface area contributed by atoms with Gasteiger partial charge < -0.3 is 14.6 Å². The lowest BCUT2D eigenvalue weighted by molar-refractivity contribution is 0.102. The number of pyridine rings is 1. The van der Waals surface area contributed by atoms with Crippen molar-refractivity contribution >= 4 is 23.2 Å². The van der Waals surface area contributed by atoms with Gasteiger partial charge in [-0.05, 0) is 49.1 Å². The van der Waals surface area contributed by atoms with Crippen molar-refractivity contribution in [2.45, 2.75) is 26.8 Å². The Labute approximate surface area is 249 Å². The second-order valence-corrected chi connectivity index (χ2v) is 11.3. The van der Waals surface area contributed by atoms with Gasteiger partial charge in [-0.2, -0.15) is 0 Å². The monoisotopic (exact) mass is 587 g/mol. The van der Waals surface area contributed by atoms with Crippen molar-refractivity contribution in [2.24, 2.45) is 20.0 Å². The van der Waals surface area contributed by atoms with E-state index in [1.54, 1.807) is 13.2 Å². The zero-order valence-corrected chi connectivity index (χ0v) is 25.2. The molecule has 1 fully saturated rings. The van der Waals surface area contributed by atoms with Crippen molar-refractivity contribution in [3.05, 3.63) is 97.3 Å². The fraction of sp³-hybridized carbons (Fsp3) is 0.312. The number of benzene rings is 2. The maximum absolute atomic E-state index is 13.1. The predicted octanol–water partition coefficient (Wildman–Crippen LogP) is 4.88. The maximum Gasteiger partial charge on any atom is 0.330 e. The SMILES string of the molecule is COc1nc(-c2cccc(-c3cccc(NC(=O)c4cn(C)c(=O)n(C)c4=O)c3C)c2Cl)ccc1CN1CC[C@H](C)C1. The average molecular weight is 588 g/mol. The minimum absolute atomic E-state index is 0.132. The van der Waals surface area contributed by atoms with Crippen LogP contribution in [0.2, 0.25) is 5.02 Å². The highest BCUT2D eigenvalue weighted by atomic mass is 35.5. The molecule has 9 nitrogen and oxygen atoms in total. The number of aromatic nitrogens is 3. The maximum atomic E-state index is 13.1. The van der Waals surface area contributed by atoms with Gasteiger partial charge in [0.15, 0.2) is 0 Å². The normalized spacial score (nSPS) is 15.1. The van der Waals surface area contributed by atoms with Crippen molar-refractivity contribution in [1.29, 1.82) is 0 Å². The first kappa shape index (κ1) is 29.3. The van der Waals surface area contributed by atoms with E-state index >= 15 is 0 Å². The van der Waals surface area contributed by atoms with E-state index in [4.69, 9.17) is 21.3 Å². The van der Waals surface area contributed by atoms with Crippen molar-refractivity contribution in [3.63, 3.8) is 0 Å². The fourth-order valence-corrected chi connectivity index (χ4v) is 5.81. The second kappa shape index (κ2) is 12.0. The Morgan fingerprint density at radius 3 is 2.50 bits per heavy atom. The molecule has 2 aromatic carbocycles. The minimum atomic E-state index is -0.663. The van der Waals surface area contributed by atoms with E-state index in [0.717, 1.165) is 52.0 Å². The number of amides is 1. The molecule has 4 aromatic rings. The molecular formula is C32H34ClN5O4. The van der Waals surface area contributed by atoms with E-state index in [1.807, 2.05) is 43.3 Å². The van der Waals surface area contributed by atoms with Gasteiger partial charge in [0.1, 0.15) is 5.56 Å². The first-order chi connectivity index (χ1) is 20.1. The van der Waals surface area contributed by atoms with Gasteiger partial charge in [0, 0.05) is 55.8 Å². The van der Waals surface area contributed by atoms with E-state index in [-0.39, 0.29) is 5.56 Å². The molecule has 42 heavy (non-hydrogen) atoms. The van der Waals surface area contributed by atoms with E-state index in [0.29, 0.717) is 28.2 Å². The Hall–Kier alpha value is -4.21. The van der Waals surface area contributed by atoms with Gasteiger partial charge in [-0.3, -0.25) is 19.1 Å². The molecule has 1 N–H and O–H groups in total. The van der Waals surface area contributed by atoms with Crippen LogP contribution in [0.5, 0.6) is 5.88 Å². The van der Waals surface area contributed by atoms with Gasteiger partial charge >= 0.3 is 5.69 Å². The molecule has 1 saturated heterocycles. The van der Waals surface area contributed by atoms with Crippen LogP contribution in [0.4, 0.5) is 5.69 Å². The quantitative estimate of drug-likeness (QED) is 0.331. The lowest BCUT2D eigenvalue weighted by atomic mass is 9.96. The topological polar surface area (TPSA) is 98.5 Å². The van der Waals surface area contributed by atoms with Gasteiger partial charge in [0.2, 0.25) is 5.88 Å². The number of carbonyl (C=O) groups is 1. The van der Waals surface area contributed by atoms with Crippen molar-refractivity contribution in [1.82, 2.24) is 19.0 Å². The van der Waals surface area contributed by atoms with Gasteiger partial charge in [0.25, 0.3) is 11.5 Å². The number of nitrogens with one attached hydrogen (secondary N) is 1. The zero-order valence-electron chi connectivity index (χ0n) is 24.4. The molecule has 1 aliphatic rings. The van der Waals surface area contributed by atoms with Gasteiger partial charge in [-0.25, -0.2) is 9.78 Å². The van der Waals surface area contributed by atoms with E-state index < -0.39 is 17.2 Å². The Morgan fingerprint density at radius 2 is 1.79 bits per heavy atom. The molecule has 10 heteroatoms. The highest BCUT2D eigenvalue weighted by Crippen LogP contribution is 2.39. The van der Waals surface area contributed by atoms with Crippen molar-refractivity contribution in [3.8, 4) is 28.3 Å². The first-order valence-corrected chi connectivity index (χ1v) is 14.2. The van der Waals surface area contributed by atoms with E-state index in [1.165, 1.54) is 31.3 Å². The third-order valence-electron chi connectivity index (χ3n) is 7.87. The number of hydrogen-bond acceptors (Lipinski definition) is 6. The van der Waals surface area contributed by atoms with E-state index in [9.17, 15) is 14.4 Å². The molecule has 1 aliphatic heterocycles. The molecule has 0 saturated carbocycles. The standard InChI is InChI=1S/C32H34ClN5O4/c1-19-14-15-38(16-19)17-21-12-13-27(35-30(21)42-5)24-10-6-9-23(28(24)33)22-8-7-11-26(20(22)2)34-29(39)25-18-36(3)32(41)37(4)31(25)40/h6-13,18-19H,14-17H2,1-5H3,(H,34,39)/t19-/m0/s1. The Bertz CT molecular complexity index is 1800. The average Bonchev–Trinajstić information content (AvgIpc) is 3.39. The Morgan fingerprint density at radius 1 is 1.07 bits per heavy atom. The number of nitrogens with zero attached hydrogens (tertiary/aromatic N) is 4. The smallest absolute Gasteiger partial charge is 0.330 e. The number of ether oxygens (including phenoxy) is 1. The van der Waals surface area contributed by atoms with Crippen LogP contribution in [0, 0.1) is 12.8 Å². The van der Waals surface area contributed by atoms with Crippen LogP contribution in [0.25, 0.3) is 22.4 Å². The van der Waals surface area contributed by atoms with E-state index in [2.05, 4.69) is 23.2 Å². The molecule has 1 atom stereocenters. The molecule has 5 rings (SSSR count). The Kier molecular flexibility index (Phi) is 8.34. The summed E-state index contributed by atoms with van der Waals surface area (Å²) in [7, 11) is 4.47. The van der Waals surface area contributed by atoms with Crippen LogP contribution in [0.1, 0.15) is 34.8 Å². The molecule has 218 valence electrons. The van der Waals surface area contributed by atoms with Crippen LogP contribution in [0.15, 0.2) is 64.3 Å². The summed E-state index contributed by atoms with van der Waals surface area (Å²) >= 11 is 7.01. The summed E-state index contributed by atoms with van der Waals surface area (Å²) in [5.74, 6) is 0.672. The zero-order chi connectivity index (χ0) is 30.1. The lowest BCUT2D eigenvalue weighted by Crippen LogP contribution is -2.40.